The van der Waals surface area contributed by atoms with Gasteiger partial charge in [-0.3, -0.25) is 4.72 Å². The van der Waals surface area contributed by atoms with Crippen LogP contribution in [0.1, 0.15) is 20.3 Å². The third-order valence-electron chi connectivity index (χ3n) is 3.31. The first-order valence-corrected chi connectivity index (χ1v) is 9.77. The fraction of sp³-hybridized carbons (Fsp3) is 0.294. The molecule has 2 N–H and O–H groups in total. The maximum Gasteiger partial charge on any atom is 0.261 e. The maximum absolute atomic E-state index is 12.3. The number of halogens is 1. The lowest BCUT2D eigenvalue weighted by atomic mass is 10.1. The summed E-state index contributed by atoms with van der Waals surface area (Å²) in [6.45, 7) is 5.27. The van der Waals surface area contributed by atoms with Crippen molar-refractivity contribution in [3.63, 3.8) is 0 Å². The molecule has 2 rings (SSSR count). The molecule has 0 aliphatic heterocycles. The van der Waals surface area contributed by atoms with Gasteiger partial charge in [-0.15, -0.1) is 0 Å². The summed E-state index contributed by atoms with van der Waals surface area (Å²) >= 11 is 3.29. The lowest BCUT2D eigenvalue weighted by Crippen LogP contribution is -2.12. The Morgan fingerprint density at radius 1 is 0.957 bits per heavy atom. The fourth-order valence-corrected chi connectivity index (χ4v) is 3.31. The zero-order valence-corrected chi connectivity index (χ0v) is 15.6. The molecule has 0 unspecified atom stereocenters. The molecule has 0 spiro atoms. The van der Waals surface area contributed by atoms with E-state index in [9.17, 15) is 8.42 Å². The van der Waals surface area contributed by atoms with Gasteiger partial charge >= 0.3 is 0 Å². The molecule has 0 saturated heterocycles. The van der Waals surface area contributed by atoms with Crippen LogP contribution in [-0.2, 0) is 10.0 Å². The van der Waals surface area contributed by atoms with Crippen molar-refractivity contribution < 1.29 is 8.42 Å². The maximum atomic E-state index is 12.3. The monoisotopic (exact) mass is 396 g/mol. The molecule has 0 heterocycles. The van der Waals surface area contributed by atoms with Gasteiger partial charge in [0.2, 0.25) is 0 Å². The summed E-state index contributed by atoms with van der Waals surface area (Å²) in [5.41, 5.74) is 1.53. The third kappa shape index (κ3) is 5.55. The number of hydrogen-bond donors (Lipinski definition) is 2. The van der Waals surface area contributed by atoms with E-state index in [0.29, 0.717) is 11.6 Å². The highest BCUT2D eigenvalue weighted by molar-refractivity contribution is 9.10. The van der Waals surface area contributed by atoms with Crippen LogP contribution in [0.2, 0.25) is 0 Å². The van der Waals surface area contributed by atoms with E-state index in [1.807, 2.05) is 12.1 Å². The molecule has 0 aliphatic carbocycles. The van der Waals surface area contributed by atoms with Crippen molar-refractivity contribution >= 4 is 37.3 Å². The predicted molar refractivity (Wildman–Crippen MR) is 99.3 cm³/mol. The number of benzene rings is 2. The molecule has 0 fully saturated rings. The minimum Gasteiger partial charge on any atom is -0.385 e. The number of sulfonamides is 1. The van der Waals surface area contributed by atoms with Crippen LogP contribution in [-0.4, -0.2) is 15.0 Å². The standard InChI is InChI=1S/C17H21BrN2O2S/c1-13(2)11-12-19-15-5-7-16(8-6-15)20-23(21,22)17-9-3-14(18)4-10-17/h3-10,13,19-20H,11-12H2,1-2H3. The molecule has 0 amide bonds. The molecular weight excluding hydrogens is 376 g/mol. The van der Waals surface area contributed by atoms with Gasteiger partial charge in [0.15, 0.2) is 0 Å². The third-order valence-corrected chi connectivity index (χ3v) is 5.24. The molecule has 4 nitrogen and oxygen atoms in total. The smallest absolute Gasteiger partial charge is 0.261 e. The molecule has 0 atom stereocenters. The van der Waals surface area contributed by atoms with Gasteiger partial charge in [-0.05, 0) is 60.9 Å². The van der Waals surface area contributed by atoms with E-state index in [-0.39, 0.29) is 4.90 Å². The Morgan fingerprint density at radius 2 is 1.52 bits per heavy atom. The van der Waals surface area contributed by atoms with E-state index in [1.165, 1.54) is 0 Å². The number of anilines is 2. The van der Waals surface area contributed by atoms with E-state index < -0.39 is 10.0 Å². The number of nitrogens with one attached hydrogen (secondary N) is 2. The van der Waals surface area contributed by atoms with Crippen molar-refractivity contribution in [2.24, 2.45) is 5.92 Å². The summed E-state index contributed by atoms with van der Waals surface area (Å²) in [5, 5.41) is 3.32. The van der Waals surface area contributed by atoms with Crippen LogP contribution < -0.4 is 10.0 Å². The van der Waals surface area contributed by atoms with Crippen LogP contribution in [0.5, 0.6) is 0 Å². The lowest BCUT2D eigenvalue weighted by molar-refractivity contribution is 0.601. The molecule has 124 valence electrons. The summed E-state index contributed by atoms with van der Waals surface area (Å²) in [6, 6.07) is 13.8. The Labute approximate surface area is 146 Å². The summed E-state index contributed by atoms with van der Waals surface area (Å²) < 4.78 is 28.0. The second-order valence-electron chi connectivity index (χ2n) is 5.75. The Kier molecular flexibility index (Phi) is 6.07. The van der Waals surface area contributed by atoms with Gasteiger partial charge in [0.25, 0.3) is 10.0 Å². The van der Waals surface area contributed by atoms with Gasteiger partial charge in [-0.1, -0.05) is 29.8 Å². The van der Waals surface area contributed by atoms with Gasteiger partial charge in [0.05, 0.1) is 4.90 Å². The van der Waals surface area contributed by atoms with Gasteiger partial charge in [-0.25, -0.2) is 8.42 Å². The van der Waals surface area contributed by atoms with Crippen LogP contribution in [0.4, 0.5) is 11.4 Å². The van der Waals surface area contributed by atoms with E-state index in [1.54, 1.807) is 36.4 Å². The van der Waals surface area contributed by atoms with E-state index in [4.69, 9.17) is 0 Å². The molecule has 23 heavy (non-hydrogen) atoms. The van der Waals surface area contributed by atoms with Crippen LogP contribution in [0, 0.1) is 5.92 Å². The lowest BCUT2D eigenvalue weighted by Gasteiger charge is -2.11. The van der Waals surface area contributed by atoms with E-state index in [0.717, 1.165) is 23.1 Å². The Hall–Kier alpha value is -1.53. The molecule has 0 radical (unpaired) electrons. The van der Waals surface area contributed by atoms with Crippen LogP contribution in [0.3, 0.4) is 0 Å². The molecule has 0 aliphatic rings. The van der Waals surface area contributed by atoms with Crippen molar-refractivity contribution in [1.82, 2.24) is 0 Å². The predicted octanol–water partition coefficient (Wildman–Crippen LogP) is 4.71. The Morgan fingerprint density at radius 3 is 2.09 bits per heavy atom. The zero-order chi connectivity index (χ0) is 16.9. The minimum absolute atomic E-state index is 0.236. The first kappa shape index (κ1) is 17.8. The molecular formula is C17H21BrN2O2S. The molecule has 2 aromatic carbocycles. The fourth-order valence-electron chi connectivity index (χ4n) is 1.99. The van der Waals surface area contributed by atoms with Gasteiger partial charge in [0.1, 0.15) is 0 Å². The highest BCUT2D eigenvalue weighted by Gasteiger charge is 2.13. The second-order valence-corrected chi connectivity index (χ2v) is 8.34. The average Bonchev–Trinajstić information content (AvgIpc) is 2.49. The molecule has 2 aromatic rings. The van der Waals surface area contributed by atoms with Crippen molar-refractivity contribution in [3.05, 3.63) is 53.0 Å². The Balaban J connectivity index is 2.01. The highest BCUT2D eigenvalue weighted by Crippen LogP contribution is 2.20. The van der Waals surface area contributed by atoms with Crippen LogP contribution in [0.15, 0.2) is 57.9 Å². The topological polar surface area (TPSA) is 58.2 Å². The second kappa shape index (κ2) is 7.84. The number of hydrogen-bond acceptors (Lipinski definition) is 3. The average molecular weight is 397 g/mol. The molecule has 0 bridgehead atoms. The van der Waals surface area contributed by atoms with Crippen molar-refractivity contribution in [3.8, 4) is 0 Å². The minimum atomic E-state index is -3.56. The van der Waals surface area contributed by atoms with Crippen molar-refractivity contribution in [1.29, 1.82) is 0 Å². The summed E-state index contributed by atoms with van der Waals surface area (Å²) in [5.74, 6) is 0.652. The van der Waals surface area contributed by atoms with Gasteiger partial charge < -0.3 is 5.32 Å². The Bertz CT molecular complexity index is 726. The number of rotatable bonds is 7. The van der Waals surface area contributed by atoms with Crippen molar-refractivity contribution in [2.75, 3.05) is 16.6 Å². The largest absolute Gasteiger partial charge is 0.385 e. The summed E-state index contributed by atoms with van der Waals surface area (Å²) in [4.78, 5) is 0.236. The zero-order valence-electron chi connectivity index (χ0n) is 13.2. The first-order valence-electron chi connectivity index (χ1n) is 7.49. The summed E-state index contributed by atoms with van der Waals surface area (Å²) in [6.07, 6.45) is 1.10. The molecule has 6 heteroatoms. The SMILES string of the molecule is CC(C)CCNc1ccc(NS(=O)(=O)c2ccc(Br)cc2)cc1. The van der Waals surface area contributed by atoms with Crippen LogP contribution in [0.25, 0.3) is 0 Å². The van der Waals surface area contributed by atoms with E-state index >= 15 is 0 Å². The quantitative estimate of drug-likeness (QED) is 0.712. The van der Waals surface area contributed by atoms with E-state index in [2.05, 4.69) is 39.8 Å². The van der Waals surface area contributed by atoms with Crippen molar-refractivity contribution in [2.45, 2.75) is 25.2 Å². The molecule has 0 aromatic heterocycles. The summed E-state index contributed by atoms with van der Waals surface area (Å²) in [7, 11) is -3.56. The van der Waals surface area contributed by atoms with Gasteiger partial charge in [-0.2, -0.15) is 0 Å². The normalized spacial score (nSPS) is 11.5. The van der Waals surface area contributed by atoms with Crippen LogP contribution >= 0.6 is 15.9 Å². The van der Waals surface area contributed by atoms with Gasteiger partial charge in [0, 0.05) is 22.4 Å². The highest BCUT2D eigenvalue weighted by atomic mass is 79.9. The first-order chi connectivity index (χ1) is 10.9. The molecule has 0 saturated carbocycles.